The molecule has 4 aromatic rings. The smallest absolute Gasteiger partial charge is 0.253 e. The number of nitrogens with one attached hydrogen (secondary N) is 1. The highest BCUT2D eigenvalue weighted by molar-refractivity contribution is 6.30. The van der Waals surface area contributed by atoms with Crippen LogP contribution in [0.2, 0.25) is 5.02 Å². The van der Waals surface area contributed by atoms with Crippen LogP contribution in [0, 0.1) is 0 Å². The van der Waals surface area contributed by atoms with Crippen LogP contribution in [0.1, 0.15) is 21.6 Å². The van der Waals surface area contributed by atoms with E-state index in [-0.39, 0.29) is 12.5 Å². The van der Waals surface area contributed by atoms with Crippen LogP contribution in [0.3, 0.4) is 0 Å². The Morgan fingerprint density at radius 3 is 2.50 bits per heavy atom. The number of methoxy groups -OCH3 is 2. The average molecular weight is 452 g/mol. The fourth-order valence-corrected chi connectivity index (χ4v) is 3.62. The van der Waals surface area contributed by atoms with E-state index in [4.69, 9.17) is 21.1 Å². The Morgan fingerprint density at radius 1 is 1.06 bits per heavy atom. The van der Waals surface area contributed by atoms with Crippen molar-refractivity contribution in [2.24, 2.45) is 0 Å². The number of benzene rings is 2. The van der Waals surface area contributed by atoms with Crippen molar-refractivity contribution in [2.45, 2.75) is 13.2 Å². The largest absolute Gasteiger partial charge is 0.493 e. The first-order valence-corrected chi connectivity index (χ1v) is 10.3. The Kier molecular flexibility index (Phi) is 6.30. The van der Waals surface area contributed by atoms with E-state index in [2.05, 4.69) is 10.3 Å². The molecule has 1 amide bonds. The SMILES string of the molecule is COc1ccc(CNC(=O)c2ccc3nc(-c4ccc(Cl)cc4)c(CO)n3c2)cc1OC. The molecule has 7 nitrogen and oxygen atoms in total. The highest BCUT2D eigenvalue weighted by Gasteiger charge is 2.16. The highest BCUT2D eigenvalue weighted by Crippen LogP contribution is 2.28. The number of nitrogens with zero attached hydrogens (tertiary/aromatic N) is 2. The van der Waals surface area contributed by atoms with Crippen molar-refractivity contribution in [1.29, 1.82) is 0 Å². The van der Waals surface area contributed by atoms with Gasteiger partial charge in [0.2, 0.25) is 0 Å². The number of ether oxygens (including phenoxy) is 2. The van der Waals surface area contributed by atoms with E-state index in [1.54, 1.807) is 55.1 Å². The molecule has 0 unspecified atom stereocenters. The van der Waals surface area contributed by atoms with Gasteiger partial charge in [-0.1, -0.05) is 29.8 Å². The van der Waals surface area contributed by atoms with Gasteiger partial charge in [0.05, 0.1) is 37.8 Å². The molecule has 0 aliphatic heterocycles. The minimum atomic E-state index is -0.243. The number of amides is 1. The molecule has 2 N–H and O–H groups in total. The minimum Gasteiger partial charge on any atom is -0.493 e. The fraction of sp³-hybridized carbons (Fsp3) is 0.167. The van der Waals surface area contributed by atoms with Crippen LogP contribution >= 0.6 is 11.6 Å². The predicted molar refractivity (Wildman–Crippen MR) is 122 cm³/mol. The van der Waals surface area contributed by atoms with Crippen molar-refractivity contribution >= 4 is 23.2 Å². The van der Waals surface area contributed by atoms with Crippen LogP contribution in [0.15, 0.2) is 60.8 Å². The zero-order valence-electron chi connectivity index (χ0n) is 17.6. The molecule has 8 heteroatoms. The maximum absolute atomic E-state index is 12.8. The fourth-order valence-electron chi connectivity index (χ4n) is 3.49. The second-order valence-electron chi connectivity index (χ2n) is 7.09. The Balaban J connectivity index is 1.58. The third-order valence-electron chi connectivity index (χ3n) is 5.15. The molecule has 0 aliphatic rings. The van der Waals surface area contributed by atoms with Gasteiger partial charge in [-0.2, -0.15) is 0 Å². The summed E-state index contributed by atoms with van der Waals surface area (Å²) in [6.07, 6.45) is 1.68. The molecule has 0 bridgehead atoms. The highest BCUT2D eigenvalue weighted by atomic mass is 35.5. The minimum absolute atomic E-state index is 0.226. The van der Waals surface area contributed by atoms with E-state index in [1.807, 2.05) is 24.3 Å². The second kappa shape index (κ2) is 9.30. The van der Waals surface area contributed by atoms with Crippen LogP contribution in [0.4, 0.5) is 0 Å². The normalized spacial score (nSPS) is 10.9. The van der Waals surface area contributed by atoms with Gasteiger partial charge in [-0.3, -0.25) is 4.79 Å². The molecular formula is C24H22ClN3O4. The molecule has 0 saturated heterocycles. The van der Waals surface area contributed by atoms with Crippen LogP contribution < -0.4 is 14.8 Å². The lowest BCUT2D eigenvalue weighted by Crippen LogP contribution is -2.23. The van der Waals surface area contributed by atoms with Crippen molar-refractivity contribution in [3.8, 4) is 22.8 Å². The van der Waals surface area contributed by atoms with Crippen molar-refractivity contribution < 1.29 is 19.4 Å². The van der Waals surface area contributed by atoms with Crippen molar-refractivity contribution in [3.63, 3.8) is 0 Å². The monoisotopic (exact) mass is 451 g/mol. The summed E-state index contributed by atoms with van der Waals surface area (Å²) >= 11 is 5.98. The third-order valence-corrected chi connectivity index (χ3v) is 5.40. The first kappa shape index (κ1) is 21.7. The molecule has 0 atom stereocenters. The number of hydrogen-bond acceptors (Lipinski definition) is 5. The number of aliphatic hydroxyl groups excluding tert-OH is 1. The number of carbonyl (C=O) groups excluding carboxylic acids is 1. The van der Waals surface area contributed by atoms with Crippen molar-refractivity contribution in [3.05, 3.63) is 82.6 Å². The number of hydrogen-bond donors (Lipinski definition) is 2. The Morgan fingerprint density at radius 2 is 1.81 bits per heavy atom. The Hall–Kier alpha value is -3.55. The molecule has 4 rings (SSSR count). The first-order chi connectivity index (χ1) is 15.5. The summed E-state index contributed by atoms with van der Waals surface area (Å²) in [5.74, 6) is 0.981. The number of halogens is 1. The van der Waals surface area contributed by atoms with Gasteiger partial charge < -0.3 is 24.3 Å². The van der Waals surface area contributed by atoms with Crippen LogP contribution in [-0.2, 0) is 13.2 Å². The molecule has 0 spiro atoms. The Bertz CT molecular complexity index is 1270. The van der Waals surface area contributed by atoms with Gasteiger partial charge in [0, 0.05) is 23.3 Å². The number of rotatable bonds is 7. The number of aromatic nitrogens is 2. The van der Waals surface area contributed by atoms with Crippen LogP contribution in [0.25, 0.3) is 16.9 Å². The zero-order valence-corrected chi connectivity index (χ0v) is 18.4. The van der Waals surface area contributed by atoms with Gasteiger partial charge in [0.25, 0.3) is 5.91 Å². The second-order valence-corrected chi connectivity index (χ2v) is 7.53. The van der Waals surface area contributed by atoms with Crippen LogP contribution in [-0.4, -0.2) is 34.6 Å². The summed E-state index contributed by atoms with van der Waals surface area (Å²) < 4.78 is 12.3. The van der Waals surface area contributed by atoms with Gasteiger partial charge in [-0.05, 0) is 42.0 Å². The summed E-state index contributed by atoms with van der Waals surface area (Å²) in [4.78, 5) is 17.4. The van der Waals surface area contributed by atoms with Crippen LogP contribution in [0.5, 0.6) is 11.5 Å². The van der Waals surface area contributed by atoms with E-state index in [0.717, 1.165) is 11.1 Å². The maximum atomic E-state index is 12.8. The standard InChI is InChI=1S/C24H22ClN3O4/c1-31-20-9-3-15(11-21(20)32-2)12-26-24(30)17-6-10-22-27-23(19(14-29)28(22)13-17)16-4-7-18(25)8-5-16/h3-11,13,29H,12,14H2,1-2H3,(H,26,30). The quantitative estimate of drug-likeness (QED) is 0.442. The summed E-state index contributed by atoms with van der Waals surface area (Å²) in [7, 11) is 3.14. The van der Waals surface area contributed by atoms with Gasteiger partial charge in [0.15, 0.2) is 11.5 Å². The molecule has 164 valence electrons. The van der Waals surface area contributed by atoms with Gasteiger partial charge in [-0.15, -0.1) is 0 Å². The number of pyridine rings is 1. The molecule has 32 heavy (non-hydrogen) atoms. The van der Waals surface area contributed by atoms with Gasteiger partial charge >= 0.3 is 0 Å². The molecule has 2 heterocycles. The predicted octanol–water partition coefficient (Wildman–Crippen LogP) is 4.09. The zero-order chi connectivity index (χ0) is 22.7. The van der Waals surface area contributed by atoms with E-state index in [0.29, 0.717) is 45.7 Å². The lowest BCUT2D eigenvalue weighted by molar-refractivity contribution is 0.0950. The lowest BCUT2D eigenvalue weighted by Gasteiger charge is -2.11. The lowest BCUT2D eigenvalue weighted by atomic mass is 10.1. The van der Waals surface area contributed by atoms with Gasteiger partial charge in [-0.25, -0.2) is 4.98 Å². The molecular weight excluding hydrogens is 430 g/mol. The Labute approximate surface area is 190 Å². The topological polar surface area (TPSA) is 85.1 Å². The van der Waals surface area contributed by atoms with E-state index in [1.165, 1.54) is 0 Å². The maximum Gasteiger partial charge on any atom is 0.253 e. The molecule has 0 saturated carbocycles. The third kappa shape index (κ3) is 4.26. The summed E-state index contributed by atoms with van der Waals surface area (Å²) in [5, 5.41) is 13.5. The molecule has 2 aromatic carbocycles. The van der Waals surface area contributed by atoms with Crippen molar-refractivity contribution in [1.82, 2.24) is 14.7 Å². The number of fused-ring (bicyclic) bond motifs is 1. The molecule has 0 fully saturated rings. The number of carbonyl (C=O) groups is 1. The van der Waals surface area contributed by atoms with Gasteiger partial charge in [0.1, 0.15) is 5.65 Å². The van der Waals surface area contributed by atoms with E-state index >= 15 is 0 Å². The molecule has 0 aliphatic carbocycles. The van der Waals surface area contributed by atoms with Crippen molar-refractivity contribution in [2.75, 3.05) is 14.2 Å². The summed E-state index contributed by atoms with van der Waals surface area (Å²) in [5.41, 5.74) is 4.04. The molecule has 2 aromatic heterocycles. The number of imidazole rings is 1. The van der Waals surface area contributed by atoms with E-state index < -0.39 is 0 Å². The molecule has 0 radical (unpaired) electrons. The first-order valence-electron chi connectivity index (χ1n) is 9.91. The number of aliphatic hydroxyl groups is 1. The average Bonchev–Trinajstić information content (AvgIpc) is 3.20. The van der Waals surface area contributed by atoms with E-state index in [9.17, 15) is 9.90 Å². The summed E-state index contributed by atoms with van der Waals surface area (Å²) in [6, 6.07) is 16.2. The summed E-state index contributed by atoms with van der Waals surface area (Å²) in [6.45, 7) is 0.0971.